The molecule has 0 fully saturated rings. The van der Waals surface area contributed by atoms with Crippen molar-refractivity contribution in [2.45, 2.75) is 20.3 Å². The van der Waals surface area contributed by atoms with E-state index >= 15 is 0 Å². The third kappa shape index (κ3) is 3.85. The highest BCUT2D eigenvalue weighted by atomic mass is 19.1. The number of carbonyl (C=O) groups is 1. The molecule has 0 atom stereocenters. The molecular weight excluding hydrogens is 331 g/mol. The van der Waals surface area contributed by atoms with Crippen LogP contribution in [0.1, 0.15) is 28.4 Å². The summed E-state index contributed by atoms with van der Waals surface area (Å²) in [5.41, 5.74) is 3.59. The van der Waals surface area contributed by atoms with Gasteiger partial charge in [-0.2, -0.15) is 0 Å². The highest BCUT2D eigenvalue weighted by Crippen LogP contribution is 2.23. The van der Waals surface area contributed by atoms with E-state index in [2.05, 4.69) is 27.5 Å². The highest BCUT2D eigenvalue weighted by Gasteiger charge is 2.11. The Morgan fingerprint density at radius 2 is 1.81 bits per heavy atom. The minimum Gasteiger partial charge on any atom is -0.324 e. The molecule has 6 heteroatoms. The van der Waals surface area contributed by atoms with E-state index in [1.54, 1.807) is 12.1 Å². The van der Waals surface area contributed by atoms with Gasteiger partial charge in [-0.15, -0.1) is 0 Å². The molecule has 1 heterocycles. The second-order valence-electron chi connectivity index (χ2n) is 5.82. The van der Waals surface area contributed by atoms with Crippen LogP contribution in [0.25, 0.3) is 0 Å². The zero-order valence-electron chi connectivity index (χ0n) is 14.6. The van der Waals surface area contributed by atoms with Crippen LogP contribution in [0.15, 0.2) is 54.9 Å². The van der Waals surface area contributed by atoms with Gasteiger partial charge in [0, 0.05) is 18.1 Å². The van der Waals surface area contributed by atoms with Gasteiger partial charge in [-0.1, -0.05) is 37.3 Å². The van der Waals surface area contributed by atoms with Crippen LogP contribution >= 0.6 is 0 Å². The zero-order valence-corrected chi connectivity index (χ0v) is 14.6. The van der Waals surface area contributed by atoms with E-state index in [4.69, 9.17) is 0 Å². The number of anilines is 3. The molecule has 2 N–H and O–H groups in total. The summed E-state index contributed by atoms with van der Waals surface area (Å²) in [6.07, 6.45) is 3.71. The fourth-order valence-electron chi connectivity index (χ4n) is 2.58. The number of carbonyl (C=O) groups excluding carboxylic acids is 1. The molecule has 0 spiro atoms. The summed E-state index contributed by atoms with van der Waals surface area (Å²) in [6.45, 7) is 4.09. The second-order valence-corrected chi connectivity index (χ2v) is 5.82. The Morgan fingerprint density at radius 3 is 2.50 bits per heavy atom. The molecule has 3 aromatic rings. The number of nitrogens with zero attached hydrogens (tertiary/aromatic N) is 2. The number of benzene rings is 2. The van der Waals surface area contributed by atoms with Gasteiger partial charge in [-0.3, -0.25) is 4.79 Å². The Labute approximate surface area is 151 Å². The molecule has 0 saturated heterocycles. The Bertz CT molecular complexity index is 925. The smallest absolute Gasteiger partial charge is 0.258 e. The number of aromatic nitrogens is 2. The molecule has 0 aliphatic carbocycles. The lowest BCUT2D eigenvalue weighted by molar-refractivity contribution is 0.102. The van der Waals surface area contributed by atoms with Crippen LogP contribution in [-0.2, 0) is 6.42 Å². The number of hydrogen-bond acceptors (Lipinski definition) is 4. The largest absolute Gasteiger partial charge is 0.324 e. The molecule has 132 valence electrons. The van der Waals surface area contributed by atoms with Gasteiger partial charge < -0.3 is 10.6 Å². The number of rotatable bonds is 5. The molecule has 0 aliphatic rings. The summed E-state index contributed by atoms with van der Waals surface area (Å²) in [5, 5.41) is 5.71. The van der Waals surface area contributed by atoms with Crippen molar-refractivity contribution in [2.24, 2.45) is 0 Å². The standard InChI is InChI=1S/C20H19FN4O/c1-3-14-8-6-7-13(2)18(14)25-20-22-11-15(12-23-20)19(26)24-17-10-5-4-9-16(17)21/h4-12H,3H2,1-2H3,(H,24,26)(H,22,23,25). The number of aryl methyl sites for hydroxylation is 2. The number of hydrogen-bond donors (Lipinski definition) is 2. The molecule has 0 unspecified atom stereocenters. The van der Waals surface area contributed by atoms with Crippen molar-refractivity contribution in [3.8, 4) is 0 Å². The third-order valence-electron chi connectivity index (χ3n) is 4.01. The Balaban J connectivity index is 1.75. The first-order chi connectivity index (χ1) is 12.6. The van der Waals surface area contributed by atoms with E-state index in [1.807, 2.05) is 25.1 Å². The van der Waals surface area contributed by atoms with Gasteiger partial charge in [-0.25, -0.2) is 14.4 Å². The summed E-state index contributed by atoms with van der Waals surface area (Å²) >= 11 is 0. The average molecular weight is 350 g/mol. The van der Waals surface area contributed by atoms with E-state index in [0.29, 0.717) is 5.95 Å². The predicted octanol–water partition coefficient (Wildman–Crippen LogP) is 4.48. The maximum atomic E-state index is 13.6. The zero-order chi connectivity index (χ0) is 18.5. The van der Waals surface area contributed by atoms with E-state index in [-0.39, 0.29) is 11.3 Å². The lowest BCUT2D eigenvalue weighted by Gasteiger charge is -2.13. The summed E-state index contributed by atoms with van der Waals surface area (Å²) in [4.78, 5) is 20.6. The van der Waals surface area contributed by atoms with Crippen LogP contribution in [0.5, 0.6) is 0 Å². The molecule has 3 rings (SSSR count). The van der Waals surface area contributed by atoms with E-state index in [1.165, 1.54) is 24.5 Å². The fourth-order valence-corrected chi connectivity index (χ4v) is 2.58. The molecule has 26 heavy (non-hydrogen) atoms. The molecule has 0 bridgehead atoms. The van der Waals surface area contributed by atoms with Crippen LogP contribution in [0, 0.1) is 12.7 Å². The first kappa shape index (κ1) is 17.5. The SMILES string of the molecule is CCc1cccc(C)c1Nc1ncc(C(=O)Nc2ccccc2F)cn1. The van der Waals surface area contributed by atoms with Crippen molar-refractivity contribution < 1.29 is 9.18 Å². The lowest BCUT2D eigenvalue weighted by atomic mass is 10.1. The number of halogens is 1. The normalized spacial score (nSPS) is 10.4. The molecule has 0 radical (unpaired) electrons. The van der Waals surface area contributed by atoms with Crippen LogP contribution < -0.4 is 10.6 Å². The van der Waals surface area contributed by atoms with Crippen molar-refractivity contribution in [1.29, 1.82) is 0 Å². The maximum absolute atomic E-state index is 13.6. The van der Waals surface area contributed by atoms with Gasteiger partial charge in [0.15, 0.2) is 0 Å². The van der Waals surface area contributed by atoms with Crippen molar-refractivity contribution >= 4 is 23.2 Å². The van der Waals surface area contributed by atoms with Gasteiger partial charge >= 0.3 is 0 Å². The Morgan fingerprint density at radius 1 is 1.08 bits per heavy atom. The average Bonchev–Trinajstić information content (AvgIpc) is 2.65. The van der Waals surface area contributed by atoms with E-state index in [0.717, 1.165) is 23.2 Å². The molecule has 1 amide bonds. The molecule has 0 aliphatic heterocycles. The van der Waals surface area contributed by atoms with E-state index in [9.17, 15) is 9.18 Å². The van der Waals surface area contributed by atoms with Crippen LogP contribution in [-0.4, -0.2) is 15.9 Å². The van der Waals surface area contributed by atoms with Crippen molar-refractivity contribution in [2.75, 3.05) is 10.6 Å². The van der Waals surface area contributed by atoms with Crippen molar-refractivity contribution in [3.05, 3.63) is 77.4 Å². The summed E-state index contributed by atoms with van der Waals surface area (Å²) < 4.78 is 13.6. The Hall–Kier alpha value is -3.28. The predicted molar refractivity (Wildman–Crippen MR) is 100 cm³/mol. The van der Waals surface area contributed by atoms with Gasteiger partial charge in [0.1, 0.15) is 5.82 Å². The molecule has 5 nitrogen and oxygen atoms in total. The fraction of sp³-hybridized carbons (Fsp3) is 0.150. The molecule has 0 saturated carbocycles. The molecule has 1 aromatic heterocycles. The summed E-state index contributed by atoms with van der Waals surface area (Å²) in [7, 11) is 0. The summed E-state index contributed by atoms with van der Waals surface area (Å²) in [5.74, 6) is -0.560. The monoisotopic (exact) mass is 350 g/mol. The van der Waals surface area contributed by atoms with E-state index < -0.39 is 11.7 Å². The van der Waals surface area contributed by atoms with Crippen LogP contribution in [0.3, 0.4) is 0 Å². The third-order valence-corrected chi connectivity index (χ3v) is 4.01. The number of amides is 1. The van der Waals surface area contributed by atoms with Gasteiger partial charge in [-0.05, 0) is 36.6 Å². The second kappa shape index (κ2) is 7.74. The minimum atomic E-state index is -0.494. The van der Waals surface area contributed by atoms with Crippen LogP contribution in [0.4, 0.5) is 21.7 Å². The van der Waals surface area contributed by atoms with Crippen molar-refractivity contribution in [3.63, 3.8) is 0 Å². The quantitative estimate of drug-likeness (QED) is 0.712. The minimum absolute atomic E-state index is 0.118. The molecular formula is C20H19FN4O. The first-order valence-corrected chi connectivity index (χ1v) is 8.32. The first-order valence-electron chi connectivity index (χ1n) is 8.32. The van der Waals surface area contributed by atoms with Gasteiger partial charge in [0.05, 0.1) is 11.3 Å². The topological polar surface area (TPSA) is 66.9 Å². The number of nitrogens with one attached hydrogen (secondary N) is 2. The highest BCUT2D eigenvalue weighted by molar-refractivity contribution is 6.03. The molecule has 2 aromatic carbocycles. The lowest BCUT2D eigenvalue weighted by Crippen LogP contribution is -2.14. The Kier molecular flexibility index (Phi) is 5.22. The number of para-hydroxylation sites is 2. The van der Waals surface area contributed by atoms with Gasteiger partial charge in [0.25, 0.3) is 5.91 Å². The summed E-state index contributed by atoms with van der Waals surface area (Å²) in [6, 6.07) is 12.1. The maximum Gasteiger partial charge on any atom is 0.258 e. The van der Waals surface area contributed by atoms with Crippen molar-refractivity contribution in [1.82, 2.24) is 9.97 Å². The van der Waals surface area contributed by atoms with Gasteiger partial charge in [0.2, 0.25) is 5.95 Å². The van der Waals surface area contributed by atoms with Crippen LogP contribution in [0.2, 0.25) is 0 Å².